The fraction of sp³-hybridized carbons (Fsp3) is 0.473. The molecule has 7 aliphatic carbocycles. The van der Waals surface area contributed by atoms with Crippen molar-refractivity contribution in [1.29, 1.82) is 0 Å². The third-order valence-corrected chi connectivity index (χ3v) is 24.9. The number of carbonyl (C=O) groups excluding carboxylic acids is 6. The van der Waals surface area contributed by atoms with Gasteiger partial charge in [-0.2, -0.15) is 10.2 Å². The van der Waals surface area contributed by atoms with Crippen molar-refractivity contribution in [2.75, 3.05) is 10.6 Å². The van der Waals surface area contributed by atoms with Gasteiger partial charge in [-0.3, -0.25) is 73.5 Å². The van der Waals surface area contributed by atoms with E-state index in [1.807, 2.05) is 40.1 Å². The maximum Gasteiger partial charge on any atom is 0.365 e. The summed E-state index contributed by atoms with van der Waals surface area (Å²) in [5, 5.41) is 44.9. The highest BCUT2D eigenvalue weighted by Gasteiger charge is 2.46. The van der Waals surface area contributed by atoms with Crippen LogP contribution in [0.25, 0.3) is 21.8 Å². The zero-order valence-corrected chi connectivity index (χ0v) is 71.7. The highest BCUT2D eigenvalue weighted by molar-refractivity contribution is 6.24. The molecule has 0 saturated heterocycles. The summed E-state index contributed by atoms with van der Waals surface area (Å²) in [6.45, 7) is 0. The van der Waals surface area contributed by atoms with Crippen molar-refractivity contribution >= 4 is 92.6 Å². The fourth-order valence-electron chi connectivity index (χ4n) is 18.7. The Kier molecular flexibility index (Phi) is 33.7. The Morgan fingerprint density at radius 2 is 0.802 bits per heavy atom. The van der Waals surface area contributed by atoms with Gasteiger partial charge in [0.25, 0.3) is 34.7 Å². The van der Waals surface area contributed by atoms with E-state index in [0.717, 1.165) is 182 Å². The van der Waals surface area contributed by atoms with Crippen molar-refractivity contribution in [3.8, 4) is 0 Å². The number of fused-ring (bicyclic) bond motifs is 15. The predicted molar refractivity (Wildman–Crippen MR) is 494 cm³/mol. The van der Waals surface area contributed by atoms with Crippen molar-refractivity contribution in [3.05, 3.63) is 205 Å². The molecule has 21 rings (SSSR count). The number of pyridine rings is 7. The third-order valence-electron chi connectivity index (χ3n) is 24.9. The molecular formula is C93H119N25O13. The van der Waals surface area contributed by atoms with E-state index in [0.29, 0.717) is 82.1 Å². The molecule has 5 aliphatic heterocycles. The molecule has 14 atom stereocenters. The number of aliphatic imine (C=N–C) groups is 2. The summed E-state index contributed by atoms with van der Waals surface area (Å²) in [4.78, 5) is 157. The Labute approximate surface area is 757 Å². The number of anilines is 2. The minimum atomic E-state index is -1.20. The van der Waals surface area contributed by atoms with Gasteiger partial charge < -0.3 is 70.6 Å². The van der Waals surface area contributed by atoms with Crippen LogP contribution < -0.4 is 66.8 Å². The second-order valence-corrected chi connectivity index (χ2v) is 34.5. The van der Waals surface area contributed by atoms with Gasteiger partial charge in [0.15, 0.2) is 28.9 Å². The molecule has 131 heavy (non-hydrogen) atoms. The largest absolute Gasteiger partial charge is 0.478 e. The van der Waals surface area contributed by atoms with E-state index in [1.54, 1.807) is 55.1 Å². The Bertz CT molecular complexity index is 5420. The first-order valence-electron chi connectivity index (χ1n) is 44.6. The molecular weight excluding hydrogens is 1680 g/mol. The molecule has 14 heterocycles. The maximum atomic E-state index is 12.3. The lowest BCUT2D eigenvalue weighted by Crippen LogP contribution is -2.47. The minimum absolute atomic E-state index is 0. The number of rotatable bonds is 10. The number of hydrogen-bond donors (Lipinski definition) is 14. The van der Waals surface area contributed by atoms with Crippen molar-refractivity contribution in [3.63, 3.8) is 0 Å². The number of hydrogen-bond acceptors (Lipinski definition) is 30. The number of aromatic amines is 2. The molecule has 7 fully saturated rings. The third kappa shape index (κ3) is 24.4. The first-order chi connectivity index (χ1) is 62.4. The standard InChI is InChI=1S/2C13H17N5O.2C13H17N3O3.2C13H13N3O.C7H3NO3.C6H14N2.2CH4/c14-8-3-1-4-9(7-8)16-12-11-10(5-2-6-15-11)13(19)18-17-12;14-8-3-1-4-9(7-8)16-12-10-5-2-6-15-11(10)13(19)18-17-12;14-8-3-1-4-9(7-8)16-12(17)11-10(13(18)19)5-2-6-15-11;14-8-3-1-4-9(7-8)16-12(17)10-5-2-6-15-11(10)13(18)19;17-13-10-5-2-6-14-11(10)12-15-8-3-1-4-9(7-8)16(12)13;17-13-11-10(5-2-6-14-11)12-15-8-3-1-4-9(7-8)16(12)13;9-6-4-2-1-3-8-5(4)7(10)11-6;7-5-2-1-3-6(8)4-5;;/h4*2,5-6,8-9H,1,3-4,7,14H2,(H,16,17)(H,18,19);2*2,5-6,8-9H,1,3-4,7H2;1-3H;5-6H,1-4,7-8H2;2*1H4/t2*8-,9+;;;;;;;;/m11......../s1. The second-order valence-electron chi connectivity index (χ2n) is 34.5. The number of nitrogens with zero attached hydrogens (tertiary/aromatic N) is 13. The monoisotopic (exact) mass is 1790 g/mol. The van der Waals surface area contributed by atoms with Crippen molar-refractivity contribution in [1.82, 2.24) is 75.7 Å². The molecule has 0 spiro atoms. The van der Waals surface area contributed by atoms with Crippen LogP contribution in [-0.4, -0.2) is 219 Å². The summed E-state index contributed by atoms with van der Waals surface area (Å²) in [6, 6.07) is 27.3. The van der Waals surface area contributed by atoms with Gasteiger partial charge in [-0.05, 0) is 258 Å². The van der Waals surface area contributed by atoms with E-state index in [1.165, 1.54) is 75.0 Å². The van der Waals surface area contributed by atoms with Crippen LogP contribution in [-0.2, 0) is 4.74 Å². The molecule has 38 nitrogen and oxygen atoms in total. The van der Waals surface area contributed by atoms with Crippen LogP contribution >= 0.6 is 0 Å². The van der Waals surface area contributed by atoms with E-state index < -0.39 is 35.7 Å². The van der Waals surface area contributed by atoms with Crippen LogP contribution in [0.3, 0.4) is 0 Å². The van der Waals surface area contributed by atoms with Gasteiger partial charge >= 0.3 is 23.9 Å². The normalized spacial score (nSPS) is 24.8. The fourth-order valence-corrected chi connectivity index (χ4v) is 18.7. The summed E-state index contributed by atoms with van der Waals surface area (Å²) in [5.41, 5.74) is 38.6. The van der Waals surface area contributed by atoms with Gasteiger partial charge in [0.2, 0.25) is 0 Å². The summed E-state index contributed by atoms with van der Waals surface area (Å²) < 4.78 is 4.29. The van der Waals surface area contributed by atoms with E-state index in [9.17, 15) is 47.9 Å². The number of amides is 4. The molecule has 4 amide bonds. The smallest absolute Gasteiger partial charge is 0.365 e. The molecule has 4 bridgehead atoms. The Morgan fingerprint density at radius 3 is 1.36 bits per heavy atom. The Morgan fingerprint density at radius 1 is 0.374 bits per heavy atom. The average molecular weight is 1800 g/mol. The maximum absolute atomic E-state index is 12.3. The van der Waals surface area contributed by atoms with Crippen LogP contribution in [0.4, 0.5) is 11.6 Å². The molecule has 10 unspecified atom stereocenters. The molecule has 12 aliphatic rings. The summed E-state index contributed by atoms with van der Waals surface area (Å²) in [5.74, 6) is -1.32. The van der Waals surface area contributed by atoms with Gasteiger partial charge in [0.05, 0.1) is 45.1 Å². The molecule has 9 aromatic rings. The summed E-state index contributed by atoms with van der Waals surface area (Å²) in [7, 11) is 0. The number of aromatic carboxylic acids is 2. The first-order valence-corrected chi connectivity index (χ1v) is 44.6. The van der Waals surface area contributed by atoms with E-state index >= 15 is 0 Å². The van der Waals surface area contributed by atoms with Crippen molar-refractivity contribution in [2.45, 2.75) is 279 Å². The molecule has 0 aromatic carbocycles. The highest BCUT2D eigenvalue weighted by atomic mass is 16.6. The molecule has 7 saturated carbocycles. The number of cyclic esters (lactones) is 2. The van der Waals surface area contributed by atoms with Crippen LogP contribution in [0.5, 0.6) is 0 Å². The SMILES string of the molecule is C.C.NC1CCCC(N)C1.NC1CCCC(NC(=O)c2cccnc2C(=O)O)C1.NC1CCCC(NC(=O)c2ncccc2C(=O)O)C1.N[C@@H]1CCC[C@H](Nc2n[nH]c(=O)c3cccnc23)C1.N[C@@H]1CCC[C@H](Nc2n[nH]c(=O)c3ncccc23)C1.O=C1OC(=O)c2ncccc21.O=C1c2cccnc2C2=NC3CCCC(C3)N12.O=C1c2ncccc2C2=NC3CCCC(C3)N12. The second kappa shape index (κ2) is 45.5. The first kappa shape index (κ1) is 97.1. The quantitative estimate of drug-likeness (QED) is 0.0449. The van der Waals surface area contributed by atoms with Gasteiger partial charge in [-0.15, -0.1) is 0 Å². The number of carbonyl (C=O) groups is 8. The van der Waals surface area contributed by atoms with Gasteiger partial charge in [0, 0.05) is 121 Å². The Balaban J connectivity index is 0.000000136. The zero-order valence-electron chi connectivity index (χ0n) is 71.7. The predicted octanol–water partition coefficient (Wildman–Crippen LogP) is 8.66. The lowest BCUT2D eigenvalue weighted by molar-refractivity contribution is 0.0438. The van der Waals surface area contributed by atoms with Gasteiger partial charge in [-0.1, -0.05) is 21.3 Å². The number of ether oxygens (including phenoxy) is 1. The van der Waals surface area contributed by atoms with Gasteiger partial charge in [-0.25, -0.2) is 39.3 Å². The number of aromatic nitrogens is 11. The molecule has 20 N–H and O–H groups in total. The number of carboxylic acid groups (broad SMARTS) is 2. The molecule has 0 radical (unpaired) electrons. The Hall–Kier alpha value is -13.0. The van der Waals surface area contributed by atoms with Crippen LogP contribution in [0.15, 0.2) is 148 Å². The van der Waals surface area contributed by atoms with E-state index in [4.69, 9.17) is 54.6 Å². The minimum Gasteiger partial charge on any atom is -0.478 e. The summed E-state index contributed by atoms with van der Waals surface area (Å²) >= 11 is 0. The number of H-pyrrole nitrogens is 2. The number of carboxylic acids is 2. The lowest BCUT2D eigenvalue weighted by atomic mass is 9.88. The van der Waals surface area contributed by atoms with Crippen molar-refractivity contribution < 1.29 is 53.3 Å². The zero-order chi connectivity index (χ0) is 90.8. The average Bonchev–Trinajstić information content (AvgIpc) is 1.60. The molecule has 694 valence electrons. The number of esters is 2. The van der Waals surface area contributed by atoms with Crippen LogP contribution in [0.1, 0.15) is 289 Å². The lowest BCUT2D eigenvalue weighted by Gasteiger charge is -2.38. The molecule has 9 aromatic heterocycles. The highest BCUT2D eigenvalue weighted by Crippen LogP contribution is 2.39. The van der Waals surface area contributed by atoms with Gasteiger partial charge in [0.1, 0.15) is 34.0 Å². The van der Waals surface area contributed by atoms with Crippen LogP contribution in [0.2, 0.25) is 0 Å². The van der Waals surface area contributed by atoms with E-state index in [2.05, 4.69) is 81.3 Å². The summed E-state index contributed by atoms with van der Waals surface area (Å²) in [6.07, 6.45) is 40.0. The van der Waals surface area contributed by atoms with Crippen molar-refractivity contribution in [2.24, 2.45) is 44.4 Å². The number of nitrogens with two attached hydrogens (primary N) is 6. The number of amidine groups is 2. The topological polar surface area (TPSA) is 603 Å². The van der Waals surface area contributed by atoms with Crippen LogP contribution in [0, 0.1) is 0 Å². The molecule has 38 heteroatoms. The number of nitrogens with one attached hydrogen (secondary N) is 6. The van der Waals surface area contributed by atoms with E-state index in [-0.39, 0.29) is 108 Å².